The molecule has 0 saturated carbocycles. The number of carbonyl (C=O) groups is 2. The Labute approximate surface area is 318 Å². The van der Waals surface area contributed by atoms with E-state index in [1.807, 2.05) is 0 Å². The Bertz CT molecular complexity index is 735. The number of ether oxygens (including phenoxy) is 2. The van der Waals surface area contributed by atoms with Gasteiger partial charge in [-0.05, 0) is 38.5 Å². The Morgan fingerprint density at radius 2 is 0.725 bits per heavy atom. The summed E-state index contributed by atoms with van der Waals surface area (Å²) in [5.74, 6) is -0.586. The lowest BCUT2D eigenvalue weighted by molar-refractivity contribution is -0.161. The molecule has 0 aliphatic heterocycles. The van der Waals surface area contributed by atoms with Gasteiger partial charge in [0.25, 0.3) is 0 Å². The highest BCUT2D eigenvalue weighted by Crippen LogP contribution is 2.16. The lowest BCUT2D eigenvalue weighted by Crippen LogP contribution is -2.28. The van der Waals surface area contributed by atoms with Gasteiger partial charge < -0.3 is 14.6 Å². The van der Waals surface area contributed by atoms with Gasteiger partial charge in [-0.3, -0.25) is 9.59 Å². The minimum Gasteiger partial charge on any atom is -0.462 e. The Hall–Kier alpha value is -1.36. The summed E-state index contributed by atoms with van der Waals surface area (Å²) in [4.78, 5) is 24.3. The maximum absolute atomic E-state index is 12.2. The number of hydrogen-bond donors (Lipinski definition) is 1. The number of allylic oxidation sites excluding steroid dienone is 2. The zero-order valence-corrected chi connectivity index (χ0v) is 34.4. The molecule has 302 valence electrons. The van der Waals surface area contributed by atoms with Gasteiger partial charge in [0.1, 0.15) is 6.61 Å². The molecule has 1 atom stereocenters. The molecule has 5 nitrogen and oxygen atoms in total. The van der Waals surface area contributed by atoms with E-state index in [4.69, 9.17) is 9.47 Å². The number of rotatable bonds is 42. The average Bonchev–Trinajstić information content (AvgIpc) is 3.13. The van der Waals surface area contributed by atoms with Crippen molar-refractivity contribution in [1.29, 1.82) is 0 Å². The van der Waals surface area contributed by atoms with Crippen molar-refractivity contribution in [2.75, 3.05) is 13.2 Å². The molecule has 1 unspecified atom stereocenters. The zero-order valence-electron chi connectivity index (χ0n) is 34.4. The molecule has 5 heteroatoms. The fourth-order valence-corrected chi connectivity index (χ4v) is 6.85. The van der Waals surface area contributed by atoms with E-state index in [2.05, 4.69) is 26.0 Å². The van der Waals surface area contributed by atoms with Gasteiger partial charge in [-0.25, -0.2) is 0 Å². The molecule has 0 heterocycles. The summed E-state index contributed by atoms with van der Waals surface area (Å²) in [5.41, 5.74) is 0. The van der Waals surface area contributed by atoms with Crippen molar-refractivity contribution in [2.45, 2.75) is 258 Å². The fourth-order valence-electron chi connectivity index (χ4n) is 6.85. The maximum atomic E-state index is 12.2. The number of aliphatic hydroxyl groups is 1. The average molecular weight is 721 g/mol. The molecule has 0 saturated heterocycles. The van der Waals surface area contributed by atoms with Crippen LogP contribution in [0, 0.1) is 0 Å². The second kappa shape index (κ2) is 43.0. The van der Waals surface area contributed by atoms with Crippen molar-refractivity contribution in [2.24, 2.45) is 0 Å². The predicted octanol–water partition coefficient (Wildman–Crippen LogP) is 14.5. The largest absolute Gasteiger partial charge is 0.462 e. The third-order valence-corrected chi connectivity index (χ3v) is 10.3. The van der Waals surface area contributed by atoms with E-state index in [0.717, 1.165) is 38.5 Å². The van der Waals surface area contributed by atoms with Crippen molar-refractivity contribution in [1.82, 2.24) is 0 Å². The van der Waals surface area contributed by atoms with Crippen molar-refractivity contribution >= 4 is 11.9 Å². The number of unbranched alkanes of at least 4 members (excludes halogenated alkanes) is 32. The maximum Gasteiger partial charge on any atom is 0.306 e. The lowest BCUT2D eigenvalue weighted by Gasteiger charge is -2.15. The Morgan fingerprint density at radius 3 is 1.06 bits per heavy atom. The molecule has 0 aliphatic carbocycles. The van der Waals surface area contributed by atoms with Crippen molar-refractivity contribution in [3.05, 3.63) is 12.2 Å². The van der Waals surface area contributed by atoms with Crippen LogP contribution in [0.3, 0.4) is 0 Å². The Balaban J connectivity index is 3.45. The molecule has 0 radical (unpaired) electrons. The number of hydrogen-bond acceptors (Lipinski definition) is 5. The van der Waals surface area contributed by atoms with E-state index in [1.165, 1.54) is 186 Å². The van der Waals surface area contributed by atoms with Gasteiger partial charge in [0, 0.05) is 12.8 Å². The first-order chi connectivity index (χ1) is 25.1. The van der Waals surface area contributed by atoms with Gasteiger partial charge in [0.2, 0.25) is 0 Å². The van der Waals surface area contributed by atoms with Crippen LogP contribution in [0.1, 0.15) is 251 Å². The van der Waals surface area contributed by atoms with Gasteiger partial charge in [-0.2, -0.15) is 0 Å². The normalized spacial score (nSPS) is 12.1. The zero-order chi connectivity index (χ0) is 37.1. The topological polar surface area (TPSA) is 72.8 Å². The summed E-state index contributed by atoms with van der Waals surface area (Å²) < 4.78 is 10.6. The van der Waals surface area contributed by atoms with Crippen LogP contribution in [0.2, 0.25) is 0 Å². The van der Waals surface area contributed by atoms with Crippen molar-refractivity contribution in [3.63, 3.8) is 0 Å². The molecule has 0 bridgehead atoms. The Morgan fingerprint density at radius 1 is 0.431 bits per heavy atom. The summed E-state index contributed by atoms with van der Waals surface area (Å²) in [5, 5.41) is 9.57. The summed E-state index contributed by atoms with van der Waals surface area (Å²) in [7, 11) is 0. The molecule has 0 fully saturated rings. The van der Waals surface area contributed by atoms with Gasteiger partial charge in [0.15, 0.2) is 6.10 Å². The van der Waals surface area contributed by atoms with Gasteiger partial charge in [-0.15, -0.1) is 0 Å². The quantitative estimate of drug-likeness (QED) is 0.0386. The first-order valence-electron chi connectivity index (χ1n) is 22.7. The highest BCUT2D eigenvalue weighted by Gasteiger charge is 2.16. The molecule has 51 heavy (non-hydrogen) atoms. The molecular formula is C46H88O5. The van der Waals surface area contributed by atoms with Crippen LogP contribution in [0.4, 0.5) is 0 Å². The van der Waals surface area contributed by atoms with Gasteiger partial charge >= 0.3 is 11.9 Å². The van der Waals surface area contributed by atoms with Crippen LogP contribution < -0.4 is 0 Å². The van der Waals surface area contributed by atoms with Crippen molar-refractivity contribution < 1.29 is 24.2 Å². The van der Waals surface area contributed by atoms with E-state index in [1.54, 1.807) is 0 Å². The van der Waals surface area contributed by atoms with Crippen LogP contribution in [0.15, 0.2) is 12.2 Å². The summed E-state index contributed by atoms with van der Waals surface area (Å²) >= 11 is 0. The molecule has 1 N–H and O–H groups in total. The van der Waals surface area contributed by atoms with E-state index in [9.17, 15) is 14.7 Å². The smallest absolute Gasteiger partial charge is 0.306 e. The molecular weight excluding hydrogens is 633 g/mol. The van der Waals surface area contributed by atoms with Crippen LogP contribution >= 0.6 is 0 Å². The van der Waals surface area contributed by atoms with Crippen LogP contribution in [-0.4, -0.2) is 36.4 Å². The molecule has 0 spiro atoms. The van der Waals surface area contributed by atoms with E-state index >= 15 is 0 Å². The summed E-state index contributed by atoms with van der Waals surface area (Å²) in [6.45, 7) is 4.15. The Kier molecular flexibility index (Phi) is 41.9. The van der Waals surface area contributed by atoms with E-state index < -0.39 is 6.10 Å². The minimum absolute atomic E-state index is 0.0628. The molecule has 0 aromatic heterocycles. The predicted molar refractivity (Wildman–Crippen MR) is 219 cm³/mol. The van der Waals surface area contributed by atoms with Crippen LogP contribution in [-0.2, 0) is 19.1 Å². The molecule has 0 rings (SSSR count). The highest BCUT2D eigenvalue weighted by molar-refractivity contribution is 5.70. The lowest BCUT2D eigenvalue weighted by atomic mass is 10.0. The third-order valence-electron chi connectivity index (χ3n) is 10.3. The molecule has 0 aromatic rings. The molecule has 0 aromatic carbocycles. The minimum atomic E-state index is -0.769. The van der Waals surface area contributed by atoms with Crippen LogP contribution in [0.25, 0.3) is 0 Å². The third kappa shape index (κ3) is 41.3. The number of carbonyl (C=O) groups excluding carboxylic acids is 2. The van der Waals surface area contributed by atoms with E-state index in [0.29, 0.717) is 12.8 Å². The first-order valence-corrected chi connectivity index (χ1v) is 22.7. The molecule has 0 amide bonds. The standard InChI is InChI=1S/C46H88O5/c1-3-5-7-9-11-13-15-17-19-20-21-22-23-24-25-26-27-29-30-32-34-36-38-40-45(48)50-43-44(42-47)51-46(49)41-39-37-35-33-31-28-18-16-14-12-10-8-6-4-2/h16,18,44,47H,3-15,17,19-43H2,1-2H3/b18-16-. The number of aliphatic hydroxyl groups excluding tert-OH is 1. The van der Waals surface area contributed by atoms with Crippen LogP contribution in [0.5, 0.6) is 0 Å². The number of esters is 2. The van der Waals surface area contributed by atoms with Crippen molar-refractivity contribution in [3.8, 4) is 0 Å². The van der Waals surface area contributed by atoms with E-state index in [-0.39, 0.29) is 25.2 Å². The SMILES string of the molecule is CCCCCCC/C=C\CCCCCCCC(=O)OC(CO)COC(=O)CCCCCCCCCCCCCCCCCCCCCCCCC. The first kappa shape index (κ1) is 49.6. The molecule has 0 aliphatic rings. The summed E-state index contributed by atoms with van der Waals surface area (Å²) in [6, 6.07) is 0. The summed E-state index contributed by atoms with van der Waals surface area (Å²) in [6.07, 6.45) is 50.1. The highest BCUT2D eigenvalue weighted by atomic mass is 16.6. The fraction of sp³-hybridized carbons (Fsp3) is 0.913. The second-order valence-corrected chi connectivity index (χ2v) is 15.5. The second-order valence-electron chi connectivity index (χ2n) is 15.5. The van der Waals surface area contributed by atoms with Gasteiger partial charge in [-0.1, -0.05) is 212 Å². The monoisotopic (exact) mass is 721 g/mol. The van der Waals surface area contributed by atoms with Gasteiger partial charge in [0.05, 0.1) is 6.61 Å².